The lowest BCUT2D eigenvalue weighted by Crippen LogP contribution is -2.00. The molecule has 2 heterocycles. The van der Waals surface area contributed by atoms with Gasteiger partial charge in [-0.05, 0) is 6.07 Å². The van der Waals surface area contributed by atoms with Crippen molar-refractivity contribution in [2.75, 3.05) is 13.2 Å². The second-order valence-electron chi connectivity index (χ2n) is 2.60. The fraction of sp³-hybridized carbons (Fsp3) is 0.500. The van der Waals surface area contributed by atoms with Crippen LogP contribution in [-0.2, 0) is 16.1 Å². The Bertz CT molecular complexity index is 201. The molecule has 1 aliphatic rings. The van der Waals surface area contributed by atoms with Crippen LogP contribution < -0.4 is 0 Å². The Balaban J connectivity index is 1.66. The largest absolute Gasteiger partial charge is 0.472 e. The van der Waals surface area contributed by atoms with E-state index >= 15 is 0 Å². The molecule has 1 aromatic rings. The molecule has 11 heavy (non-hydrogen) atoms. The summed E-state index contributed by atoms with van der Waals surface area (Å²) in [5, 5.41) is 0. The summed E-state index contributed by atoms with van der Waals surface area (Å²) in [6, 6.07) is 1.90. The molecule has 0 bridgehead atoms. The first-order valence-electron chi connectivity index (χ1n) is 3.65. The number of rotatable bonds is 4. The molecule has 0 amide bonds. The van der Waals surface area contributed by atoms with Crippen molar-refractivity contribution in [2.45, 2.75) is 12.7 Å². The van der Waals surface area contributed by atoms with Crippen molar-refractivity contribution < 1.29 is 13.9 Å². The average molecular weight is 154 g/mol. The summed E-state index contributed by atoms with van der Waals surface area (Å²) in [7, 11) is 0. The van der Waals surface area contributed by atoms with E-state index in [2.05, 4.69) is 0 Å². The predicted octanol–water partition coefficient (Wildman–Crippen LogP) is 1.20. The molecule has 1 atom stereocenters. The maximum Gasteiger partial charge on any atom is 0.104 e. The molecule has 1 fully saturated rings. The van der Waals surface area contributed by atoms with Crippen LogP contribution in [0.15, 0.2) is 23.0 Å². The van der Waals surface area contributed by atoms with Crippen LogP contribution in [0.1, 0.15) is 5.56 Å². The van der Waals surface area contributed by atoms with Crippen molar-refractivity contribution in [1.29, 1.82) is 0 Å². The zero-order valence-corrected chi connectivity index (χ0v) is 6.16. The van der Waals surface area contributed by atoms with Crippen LogP contribution in [0.25, 0.3) is 0 Å². The van der Waals surface area contributed by atoms with E-state index in [1.807, 2.05) is 6.07 Å². The molecule has 1 saturated heterocycles. The van der Waals surface area contributed by atoms with Crippen LogP contribution in [0, 0.1) is 0 Å². The van der Waals surface area contributed by atoms with Gasteiger partial charge in [-0.2, -0.15) is 0 Å². The van der Waals surface area contributed by atoms with Gasteiger partial charge in [0.1, 0.15) is 6.10 Å². The second-order valence-corrected chi connectivity index (χ2v) is 2.60. The minimum atomic E-state index is 0.349. The van der Waals surface area contributed by atoms with E-state index in [4.69, 9.17) is 13.9 Å². The van der Waals surface area contributed by atoms with Gasteiger partial charge in [0.15, 0.2) is 0 Å². The van der Waals surface area contributed by atoms with Crippen molar-refractivity contribution in [2.24, 2.45) is 0 Å². The minimum Gasteiger partial charge on any atom is -0.472 e. The Labute approximate surface area is 64.9 Å². The zero-order valence-electron chi connectivity index (χ0n) is 6.16. The summed E-state index contributed by atoms with van der Waals surface area (Å²) in [5.41, 5.74) is 1.07. The van der Waals surface area contributed by atoms with Crippen molar-refractivity contribution >= 4 is 0 Å². The normalized spacial score (nSPS) is 22.0. The maximum atomic E-state index is 5.32. The Morgan fingerprint density at radius 1 is 1.64 bits per heavy atom. The molecule has 0 radical (unpaired) electrons. The number of hydrogen-bond donors (Lipinski definition) is 0. The third kappa shape index (κ3) is 2.06. The van der Waals surface area contributed by atoms with E-state index in [0.717, 1.165) is 12.2 Å². The molecule has 60 valence electrons. The molecular weight excluding hydrogens is 144 g/mol. The van der Waals surface area contributed by atoms with Gasteiger partial charge < -0.3 is 13.9 Å². The van der Waals surface area contributed by atoms with E-state index in [0.29, 0.717) is 19.3 Å². The lowest BCUT2D eigenvalue weighted by molar-refractivity contribution is 0.104. The summed E-state index contributed by atoms with van der Waals surface area (Å²) in [5.74, 6) is 0. The van der Waals surface area contributed by atoms with Crippen LogP contribution >= 0.6 is 0 Å². The van der Waals surface area contributed by atoms with Gasteiger partial charge in [-0.15, -0.1) is 0 Å². The smallest absolute Gasteiger partial charge is 0.104 e. The summed E-state index contributed by atoms with van der Waals surface area (Å²) >= 11 is 0. The molecule has 0 aromatic carbocycles. The molecule has 0 aliphatic carbocycles. The molecule has 0 N–H and O–H groups in total. The van der Waals surface area contributed by atoms with Crippen LogP contribution in [-0.4, -0.2) is 19.3 Å². The number of hydrogen-bond acceptors (Lipinski definition) is 3. The maximum absolute atomic E-state index is 5.32. The highest BCUT2D eigenvalue weighted by atomic mass is 16.6. The van der Waals surface area contributed by atoms with Crippen molar-refractivity contribution in [1.82, 2.24) is 0 Å². The monoisotopic (exact) mass is 154 g/mol. The highest BCUT2D eigenvalue weighted by Gasteiger charge is 2.22. The van der Waals surface area contributed by atoms with Crippen LogP contribution in [0.4, 0.5) is 0 Å². The van der Waals surface area contributed by atoms with Crippen LogP contribution in [0.2, 0.25) is 0 Å². The van der Waals surface area contributed by atoms with E-state index in [1.54, 1.807) is 12.5 Å². The van der Waals surface area contributed by atoms with Crippen molar-refractivity contribution in [3.8, 4) is 0 Å². The molecule has 3 heteroatoms. The Morgan fingerprint density at radius 2 is 2.55 bits per heavy atom. The van der Waals surface area contributed by atoms with Crippen molar-refractivity contribution in [3.05, 3.63) is 24.2 Å². The van der Waals surface area contributed by atoms with Gasteiger partial charge in [-0.3, -0.25) is 0 Å². The summed E-state index contributed by atoms with van der Waals surface area (Å²) in [6.45, 7) is 2.17. The van der Waals surface area contributed by atoms with Crippen LogP contribution in [0.3, 0.4) is 0 Å². The average Bonchev–Trinajstić information content (AvgIpc) is 2.66. The fourth-order valence-corrected chi connectivity index (χ4v) is 0.847. The minimum absolute atomic E-state index is 0.349. The summed E-state index contributed by atoms with van der Waals surface area (Å²) < 4.78 is 15.2. The van der Waals surface area contributed by atoms with Crippen molar-refractivity contribution in [3.63, 3.8) is 0 Å². The standard InChI is InChI=1S/C8H10O3/c1-2-9-3-7(1)4-10-5-8-6-11-8/h1-3,8H,4-6H2. The lowest BCUT2D eigenvalue weighted by Gasteiger charge is -1.96. The Morgan fingerprint density at radius 3 is 3.18 bits per heavy atom. The van der Waals surface area contributed by atoms with Gasteiger partial charge in [-0.25, -0.2) is 0 Å². The number of ether oxygens (including phenoxy) is 2. The zero-order chi connectivity index (χ0) is 7.52. The third-order valence-corrected chi connectivity index (χ3v) is 1.55. The van der Waals surface area contributed by atoms with E-state index in [-0.39, 0.29) is 0 Å². The fourth-order valence-electron chi connectivity index (χ4n) is 0.847. The topological polar surface area (TPSA) is 34.9 Å². The van der Waals surface area contributed by atoms with Gasteiger partial charge >= 0.3 is 0 Å². The van der Waals surface area contributed by atoms with Gasteiger partial charge in [0.2, 0.25) is 0 Å². The predicted molar refractivity (Wildman–Crippen MR) is 38.1 cm³/mol. The molecule has 0 saturated carbocycles. The second kappa shape index (κ2) is 3.07. The summed E-state index contributed by atoms with van der Waals surface area (Å²) in [6.07, 6.45) is 3.68. The Kier molecular flexibility index (Phi) is 1.92. The molecule has 1 aromatic heterocycles. The summed E-state index contributed by atoms with van der Waals surface area (Å²) in [4.78, 5) is 0. The Hall–Kier alpha value is -0.800. The lowest BCUT2D eigenvalue weighted by atomic mass is 10.4. The molecule has 1 unspecified atom stereocenters. The molecule has 0 spiro atoms. The van der Waals surface area contributed by atoms with Gasteiger partial charge in [0, 0.05) is 5.56 Å². The third-order valence-electron chi connectivity index (χ3n) is 1.55. The number of furan rings is 1. The quantitative estimate of drug-likeness (QED) is 0.611. The van der Waals surface area contributed by atoms with Gasteiger partial charge in [0.05, 0.1) is 32.3 Å². The molecule has 2 rings (SSSR count). The van der Waals surface area contributed by atoms with E-state index < -0.39 is 0 Å². The number of epoxide rings is 1. The van der Waals surface area contributed by atoms with E-state index in [1.165, 1.54) is 0 Å². The molecule has 1 aliphatic heterocycles. The van der Waals surface area contributed by atoms with Gasteiger partial charge in [-0.1, -0.05) is 0 Å². The highest BCUT2D eigenvalue weighted by Crippen LogP contribution is 2.10. The first-order chi connectivity index (χ1) is 5.45. The van der Waals surface area contributed by atoms with Gasteiger partial charge in [0.25, 0.3) is 0 Å². The van der Waals surface area contributed by atoms with E-state index in [9.17, 15) is 0 Å². The SMILES string of the molecule is c1cc(COCC2CO2)co1. The molecule has 3 nitrogen and oxygen atoms in total. The van der Waals surface area contributed by atoms with Crippen LogP contribution in [0.5, 0.6) is 0 Å². The molecular formula is C8H10O3. The highest BCUT2D eigenvalue weighted by molar-refractivity contribution is 5.03. The first kappa shape index (κ1) is 6.88. The first-order valence-corrected chi connectivity index (χ1v) is 3.65.